The smallest absolute Gasteiger partial charge is 0.429 e. The number of cyclic esters (lactones) is 1. The van der Waals surface area contributed by atoms with Gasteiger partial charge in [-0.2, -0.15) is 0 Å². The number of carbonyl (C=O) groups is 2. The first-order valence-corrected chi connectivity index (χ1v) is 10.4. The van der Waals surface area contributed by atoms with Gasteiger partial charge in [-0.05, 0) is 31.2 Å². The summed E-state index contributed by atoms with van der Waals surface area (Å²) in [6, 6.07) is 4.23. The summed E-state index contributed by atoms with van der Waals surface area (Å²) < 4.78 is 32.1. The molecule has 2 heterocycles. The van der Waals surface area contributed by atoms with Crippen molar-refractivity contribution < 1.29 is 33.1 Å². The van der Waals surface area contributed by atoms with E-state index in [2.05, 4.69) is 6.58 Å². The van der Waals surface area contributed by atoms with Crippen molar-refractivity contribution in [3.63, 3.8) is 0 Å². The molecule has 2 aliphatic rings. The van der Waals surface area contributed by atoms with Crippen LogP contribution in [0.5, 0.6) is 0 Å². The Morgan fingerprint density at radius 1 is 1.41 bits per heavy atom. The van der Waals surface area contributed by atoms with E-state index in [4.69, 9.17) is 4.74 Å². The molecule has 11 heteroatoms. The lowest BCUT2D eigenvalue weighted by Crippen LogP contribution is -2.32. The molecule has 1 aromatic carbocycles. The van der Waals surface area contributed by atoms with Gasteiger partial charge >= 0.3 is 13.8 Å². The van der Waals surface area contributed by atoms with Crippen LogP contribution in [0, 0.1) is 5.82 Å². The highest BCUT2D eigenvalue weighted by Gasteiger charge is 2.37. The number of amides is 1. The van der Waals surface area contributed by atoms with Crippen molar-refractivity contribution in [1.29, 1.82) is 0 Å². The summed E-state index contributed by atoms with van der Waals surface area (Å²) in [6.45, 7) is 5.08. The molecular formula is C18H21FN3O6P. The quantitative estimate of drug-likeness (QED) is 0.669. The standard InChI is InChI=1S/C18H21FN3O6P/c1-12(2)22(29(25,26)27)11-15-10-21(18(24)28-15)13-3-4-17(16(19)9-13)20-7-5-14(23)6-8-20/h3-5,7,9,15H,1,6,8,10-11H2,2H3,(H2,25,26,27)/t15-/m1/s1. The van der Waals surface area contributed by atoms with E-state index < -0.39 is 25.8 Å². The predicted octanol–water partition coefficient (Wildman–Crippen LogP) is 2.37. The maximum atomic E-state index is 14.6. The SMILES string of the molecule is C=C(C)N(C[C@H]1CN(c2ccc(N3C=CC(=O)CC3)c(F)c2)C(=O)O1)P(=O)(O)O. The van der Waals surface area contributed by atoms with Crippen LogP contribution in [0.3, 0.4) is 0 Å². The second-order valence-corrected chi connectivity index (χ2v) is 8.32. The molecule has 1 saturated heterocycles. The van der Waals surface area contributed by atoms with Crippen LogP contribution in [-0.4, -0.2) is 52.1 Å². The minimum atomic E-state index is -4.60. The first kappa shape index (κ1) is 21.0. The van der Waals surface area contributed by atoms with Crippen LogP contribution in [0.15, 0.2) is 42.8 Å². The number of allylic oxidation sites excluding steroid dienone is 2. The van der Waals surface area contributed by atoms with Crippen molar-refractivity contribution >= 4 is 31.0 Å². The Kier molecular flexibility index (Phi) is 5.79. The molecule has 0 aromatic heterocycles. The molecule has 0 saturated carbocycles. The van der Waals surface area contributed by atoms with E-state index in [0.717, 1.165) is 4.67 Å². The van der Waals surface area contributed by atoms with Crippen molar-refractivity contribution in [2.24, 2.45) is 0 Å². The van der Waals surface area contributed by atoms with Gasteiger partial charge in [-0.15, -0.1) is 0 Å². The number of rotatable bonds is 6. The van der Waals surface area contributed by atoms with Crippen molar-refractivity contribution in [3.05, 3.63) is 48.6 Å². The van der Waals surface area contributed by atoms with Crippen LogP contribution >= 0.6 is 7.75 Å². The Balaban J connectivity index is 1.74. The monoisotopic (exact) mass is 425 g/mol. The molecule has 3 rings (SSSR count). The fraction of sp³-hybridized carbons (Fsp3) is 0.333. The van der Waals surface area contributed by atoms with Crippen molar-refractivity contribution in [2.45, 2.75) is 19.4 Å². The molecule has 0 bridgehead atoms. The zero-order chi connectivity index (χ0) is 21.3. The molecule has 29 heavy (non-hydrogen) atoms. The largest absolute Gasteiger partial charge is 0.442 e. The van der Waals surface area contributed by atoms with E-state index in [0.29, 0.717) is 6.54 Å². The number of hydrogen-bond acceptors (Lipinski definition) is 5. The third kappa shape index (κ3) is 4.67. The van der Waals surface area contributed by atoms with Gasteiger partial charge in [0, 0.05) is 24.9 Å². The van der Waals surface area contributed by atoms with E-state index in [-0.39, 0.29) is 42.4 Å². The van der Waals surface area contributed by atoms with Crippen LogP contribution in [-0.2, 0) is 14.1 Å². The molecule has 1 aromatic rings. The first-order chi connectivity index (χ1) is 13.6. The van der Waals surface area contributed by atoms with Crippen molar-refractivity contribution in [1.82, 2.24) is 4.67 Å². The Morgan fingerprint density at radius 2 is 2.14 bits per heavy atom. The lowest BCUT2D eigenvalue weighted by Gasteiger charge is -2.27. The van der Waals surface area contributed by atoms with Gasteiger partial charge in [0.05, 0.1) is 24.5 Å². The van der Waals surface area contributed by atoms with Crippen LogP contribution < -0.4 is 9.80 Å². The van der Waals surface area contributed by atoms with Gasteiger partial charge < -0.3 is 19.4 Å². The van der Waals surface area contributed by atoms with Gasteiger partial charge in [-0.1, -0.05) is 6.58 Å². The number of benzene rings is 1. The summed E-state index contributed by atoms with van der Waals surface area (Å²) >= 11 is 0. The molecule has 0 radical (unpaired) electrons. The molecule has 0 aliphatic carbocycles. The second-order valence-electron chi connectivity index (χ2n) is 6.81. The van der Waals surface area contributed by atoms with Gasteiger partial charge in [0.25, 0.3) is 0 Å². The first-order valence-electron chi connectivity index (χ1n) is 8.80. The lowest BCUT2D eigenvalue weighted by molar-refractivity contribution is -0.114. The van der Waals surface area contributed by atoms with Crippen LogP contribution in [0.4, 0.5) is 20.6 Å². The summed E-state index contributed by atoms with van der Waals surface area (Å²) in [5, 5.41) is 0. The van der Waals surface area contributed by atoms with E-state index in [9.17, 15) is 28.3 Å². The molecule has 2 N–H and O–H groups in total. The average molecular weight is 425 g/mol. The molecule has 9 nitrogen and oxygen atoms in total. The summed E-state index contributed by atoms with van der Waals surface area (Å²) in [5.41, 5.74) is 0.668. The number of anilines is 2. The minimum absolute atomic E-state index is 0.000477. The van der Waals surface area contributed by atoms with Crippen molar-refractivity contribution in [2.75, 3.05) is 29.4 Å². The average Bonchev–Trinajstić information content (AvgIpc) is 3.00. The molecule has 1 amide bonds. The zero-order valence-corrected chi connectivity index (χ0v) is 16.6. The number of ketones is 1. The second kappa shape index (κ2) is 7.98. The number of nitrogens with zero attached hydrogens (tertiary/aromatic N) is 3. The predicted molar refractivity (Wildman–Crippen MR) is 104 cm³/mol. The van der Waals surface area contributed by atoms with Crippen LogP contribution in [0.25, 0.3) is 0 Å². The third-order valence-corrected chi connectivity index (χ3v) is 5.73. The van der Waals surface area contributed by atoms with E-state index >= 15 is 0 Å². The minimum Gasteiger partial charge on any atom is -0.442 e. The molecule has 156 valence electrons. The van der Waals surface area contributed by atoms with E-state index in [1.54, 1.807) is 11.0 Å². The third-order valence-electron chi connectivity index (χ3n) is 4.60. The number of halogens is 1. The fourth-order valence-corrected chi connectivity index (χ4v) is 4.00. The molecule has 1 fully saturated rings. The number of ether oxygens (including phenoxy) is 1. The maximum Gasteiger partial charge on any atom is 0.429 e. The van der Waals surface area contributed by atoms with Gasteiger partial charge in [-0.3, -0.25) is 14.4 Å². The molecule has 2 aliphatic heterocycles. The van der Waals surface area contributed by atoms with Gasteiger partial charge in [0.1, 0.15) is 11.9 Å². The highest BCUT2D eigenvalue weighted by atomic mass is 31.2. The highest BCUT2D eigenvalue weighted by molar-refractivity contribution is 7.49. The Labute approximate surface area is 166 Å². The van der Waals surface area contributed by atoms with Gasteiger partial charge in [0.2, 0.25) is 0 Å². The molecular weight excluding hydrogens is 404 g/mol. The molecule has 0 unspecified atom stereocenters. The number of carbonyl (C=O) groups excluding carboxylic acids is 2. The number of hydrogen-bond donors (Lipinski definition) is 2. The lowest BCUT2D eigenvalue weighted by atomic mass is 10.1. The zero-order valence-electron chi connectivity index (χ0n) is 15.7. The van der Waals surface area contributed by atoms with Gasteiger partial charge in [0.15, 0.2) is 5.78 Å². The summed E-state index contributed by atoms with van der Waals surface area (Å²) in [4.78, 5) is 45.1. The molecule has 0 spiro atoms. The highest BCUT2D eigenvalue weighted by Crippen LogP contribution is 2.43. The summed E-state index contributed by atoms with van der Waals surface area (Å²) in [6.07, 6.45) is 1.62. The fourth-order valence-electron chi connectivity index (χ4n) is 3.16. The summed E-state index contributed by atoms with van der Waals surface area (Å²) in [7, 11) is -4.60. The van der Waals surface area contributed by atoms with Crippen molar-refractivity contribution in [3.8, 4) is 0 Å². The summed E-state index contributed by atoms with van der Waals surface area (Å²) in [5.74, 6) is -0.597. The van der Waals surface area contributed by atoms with Crippen LogP contribution in [0.2, 0.25) is 0 Å². The van der Waals surface area contributed by atoms with E-state index in [1.807, 2.05) is 0 Å². The normalized spacial score (nSPS) is 19.5. The van der Waals surface area contributed by atoms with Crippen LogP contribution in [0.1, 0.15) is 13.3 Å². The van der Waals surface area contributed by atoms with Gasteiger partial charge in [-0.25, -0.2) is 13.8 Å². The maximum absolute atomic E-state index is 14.6. The Bertz CT molecular complexity index is 930. The topological polar surface area (TPSA) is 111 Å². The molecule has 1 atom stereocenters. The Morgan fingerprint density at radius 3 is 2.69 bits per heavy atom. The van der Waals surface area contributed by atoms with E-state index in [1.165, 1.54) is 36.2 Å². The Hall–Kier alpha value is -2.68.